The molecule has 0 radical (unpaired) electrons. The number of nitrogens with zero attached hydrogens (tertiary/aromatic N) is 3. The number of ether oxygens (including phenoxy) is 1. The summed E-state index contributed by atoms with van der Waals surface area (Å²) in [5.74, 6) is -0.166. The number of likely N-dealkylation sites (N-methyl/N-ethyl adjacent to an activating group) is 2. The monoisotopic (exact) mass is 424 g/mol. The number of carbonyl (C=O) groups is 2. The molecule has 1 fully saturated rings. The first-order chi connectivity index (χ1) is 14.9. The van der Waals surface area contributed by atoms with E-state index >= 15 is 0 Å². The van der Waals surface area contributed by atoms with Crippen LogP contribution in [0.25, 0.3) is 0 Å². The van der Waals surface area contributed by atoms with Gasteiger partial charge in [-0.05, 0) is 43.8 Å². The first kappa shape index (κ1) is 22.8. The van der Waals surface area contributed by atoms with Gasteiger partial charge in [0.05, 0.1) is 25.8 Å². The van der Waals surface area contributed by atoms with E-state index in [-0.39, 0.29) is 18.4 Å². The molecule has 2 aromatic rings. The largest absolute Gasteiger partial charge is 0.378 e. The Hall–Kier alpha value is -2.90. The van der Waals surface area contributed by atoms with Crippen molar-refractivity contribution >= 4 is 23.2 Å². The van der Waals surface area contributed by atoms with Gasteiger partial charge in [-0.1, -0.05) is 30.3 Å². The first-order valence-corrected chi connectivity index (χ1v) is 10.7. The zero-order valence-electron chi connectivity index (χ0n) is 18.6. The summed E-state index contributed by atoms with van der Waals surface area (Å²) in [4.78, 5) is 31.0. The normalized spacial score (nSPS) is 14.9. The second kappa shape index (κ2) is 10.9. The van der Waals surface area contributed by atoms with Crippen LogP contribution in [0.4, 0.5) is 11.4 Å². The van der Waals surface area contributed by atoms with Gasteiger partial charge in [-0.2, -0.15) is 0 Å². The molecular weight excluding hydrogens is 392 g/mol. The van der Waals surface area contributed by atoms with E-state index in [1.807, 2.05) is 61.5 Å². The third-order valence-corrected chi connectivity index (χ3v) is 5.58. The highest BCUT2D eigenvalue weighted by atomic mass is 16.5. The Morgan fingerprint density at radius 1 is 1.03 bits per heavy atom. The van der Waals surface area contributed by atoms with Gasteiger partial charge in [-0.25, -0.2) is 0 Å². The summed E-state index contributed by atoms with van der Waals surface area (Å²) in [6.07, 6.45) is 0. The van der Waals surface area contributed by atoms with Gasteiger partial charge >= 0.3 is 0 Å². The van der Waals surface area contributed by atoms with Crippen molar-refractivity contribution in [3.8, 4) is 0 Å². The Morgan fingerprint density at radius 2 is 1.68 bits per heavy atom. The molecule has 31 heavy (non-hydrogen) atoms. The van der Waals surface area contributed by atoms with Crippen molar-refractivity contribution in [3.05, 3.63) is 60.2 Å². The van der Waals surface area contributed by atoms with E-state index < -0.39 is 6.04 Å². The molecule has 2 amide bonds. The van der Waals surface area contributed by atoms with Gasteiger partial charge in [-0.15, -0.1) is 0 Å². The van der Waals surface area contributed by atoms with Gasteiger partial charge in [0.1, 0.15) is 0 Å². The molecule has 0 aromatic heterocycles. The zero-order chi connectivity index (χ0) is 22.2. The van der Waals surface area contributed by atoms with Crippen molar-refractivity contribution in [2.45, 2.75) is 19.5 Å². The minimum Gasteiger partial charge on any atom is -0.378 e. The molecule has 1 unspecified atom stereocenters. The zero-order valence-corrected chi connectivity index (χ0v) is 18.6. The Kier molecular flexibility index (Phi) is 8.03. The average molecular weight is 425 g/mol. The van der Waals surface area contributed by atoms with E-state index in [1.54, 1.807) is 23.9 Å². The smallest absolute Gasteiger partial charge is 0.239 e. The fourth-order valence-electron chi connectivity index (χ4n) is 3.58. The molecule has 0 spiro atoms. The van der Waals surface area contributed by atoms with E-state index in [9.17, 15) is 9.59 Å². The molecule has 1 atom stereocenters. The Labute approximate surface area is 184 Å². The maximum atomic E-state index is 12.8. The molecule has 2 aromatic carbocycles. The van der Waals surface area contributed by atoms with Crippen LogP contribution in [0.3, 0.4) is 0 Å². The van der Waals surface area contributed by atoms with Crippen LogP contribution in [0, 0.1) is 0 Å². The second-order valence-corrected chi connectivity index (χ2v) is 7.97. The highest BCUT2D eigenvalue weighted by Gasteiger charge is 2.23. The predicted molar refractivity (Wildman–Crippen MR) is 123 cm³/mol. The minimum atomic E-state index is -0.400. The number of morpholine rings is 1. The van der Waals surface area contributed by atoms with Gasteiger partial charge in [0.15, 0.2) is 0 Å². The highest BCUT2D eigenvalue weighted by Crippen LogP contribution is 2.19. The number of hydrogen-bond donors (Lipinski definition) is 1. The van der Waals surface area contributed by atoms with Crippen LogP contribution in [-0.2, 0) is 20.9 Å². The maximum Gasteiger partial charge on any atom is 0.239 e. The minimum absolute atomic E-state index is 0.0194. The molecule has 7 heteroatoms. The summed E-state index contributed by atoms with van der Waals surface area (Å²) < 4.78 is 5.38. The van der Waals surface area contributed by atoms with Gasteiger partial charge in [0.2, 0.25) is 11.8 Å². The summed E-state index contributed by atoms with van der Waals surface area (Å²) in [6, 6.07) is 17.3. The predicted octanol–water partition coefficient (Wildman–Crippen LogP) is 2.44. The summed E-state index contributed by atoms with van der Waals surface area (Å²) >= 11 is 0. The van der Waals surface area contributed by atoms with Crippen LogP contribution in [0.5, 0.6) is 0 Å². The van der Waals surface area contributed by atoms with Crippen molar-refractivity contribution < 1.29 is 14.3 Å². The molecule has 1 aliphatic rings. The third-order valence-electron chi connectivity index (χ3n) is 5.58. The fraction of sp³-hybridized carbons (Fsp3) is 0.417. The number of hydrogen-bond acceptors (Lipinski definition) is 5. The maximum absolute atomic E-state index is 12.8. The number of benzene rings is 2. The van der Waals surface area contributed by atoms with Gasteiger partial charge in [0, 0.05) is 38.1 Å². The number of anilines is 2. The molecule has 0 bridgehead atoms. The molecule has 1 heterocycles. The Morgan fingerprint density at radius 3 is 2.32 bits per heavy atom. The summed E-state index contributed by atoms with van der Waals surface area (Å²) in [5.41, 5.74) is 2.95. The second-order valence-electron chi connectivity index (χ2n) is 7.97. The lowest BCUT2D eigenvalue weighted by Gasteiger charge is -2.29. The molecule has 3 rings (SSSR count). The van der Waals surface area contributed by atoms with Crippen molar-refractivity contribution in [1.29, 1.82) is 0 Å². The molecule has 0 saturated carbocycles. The molecule has 7 nitrogen and oxygen atoms in total. The molecule has 1 N–H and O–H groups in total. The average Bonchev–Trinajstić information content (AvgIpc) is 2.79. The van der Waals surface area contributed by atoms with Crippen LogP contribution in [0.15, 0.2) is 54.6 Å². The summed E-state index contributed by atoms with van der Waals surface area (Å²) in [6.45, 7) is 5.73. The number of nitrogens with one attached hydrogen (secondary N) is 1. The quantitative estimate of drug-likeness (QED) is 0.705. The van der Waals surface area contributed by atoms with Crippen LogP contribution < -0.4 is 10.2 Å². The summed E-state index contributed by atoms with van der Waals surface area (Å²) in [7, 11) is 3.58. The third kappa shape index (κ3) is 6.54. The standard InChI is InChI=1S/C24H32N4O3/c1-19(24(30)27(3)17-20-7-5-4-6-8-20)26(2)18-23(29)25-21-9-11-22(12-10-21)28-13-15-31-16-14-28/h4-12,19H,13-18H2,1-3H3,(H,25,29). The van der Waals surface area contributed by atoms with Crippen LogP contribution in [0.2, 0.25) is 0 Å². The van der Waals surface area contributed by atoms with Crippen LogP contribution in [0.1, 0.15) is 12.5 Å². The van der Waals surface area contributed by atoms with Gasteiger partial charge in [0.25, 0.3) is 0 Å². The van der Waals surface area contributed by atoms with E-state index in [0.717, 1.165) is 43.2 Å². The van der Waals surface area contributed by atoms with Crippen molar-refractivity contribution in [1.82, 2.24) is 9.80 Å². The molecule has 1 aliphatic heterocycles. The Bertz CT molecular complexity index is 851. The van der Waals surface area contributed by atoms with Crippen LogP contribution >= 0.6 is 0 Å². The highest BCUT2D eigenvalue weighted by molar-refractivity contribution is 5.93. The lowest BCUT2D eigenvalue weighted by atomic mass is 10.2. The number of carbonyl (C=O) groups excluding carboxylic acids is 2. The Balaban J connectivity index is 1.48. The molecular formula is C24H32N4O3. The van der Waals surface area contributed by atoms with Gasteiger partial charge < -0.3 is 19.9 Å². The molecule has 1 saturated heterocycles. The van der Waals surface area contributed by atoms with Crippen molar-refractivity contribution in [2.24, 2.45) is 0 Å². The first-order valence-electron chi connectivity index (χ1n) is 10.7. The molecule has 166 valence electrons. The SMILES string of the molecule is CC(C(=O)N(C)Cc1ccccc1)N(C)CC(=O)Nc1ccc(N2CCOCC2)cc1. The lowest BCUT2D eigenvalue weighted by molar-refractivity contribution is -0.135. The van der Waals surface area contributed by atoms with E-state index in [2.05, 4.69) is 10.2 Å². The topological polar surface area (TPSA) is 65.1 Å². The van der Waals surface area contributed by atoms with Crippen molar-refractivity contribution in [3.63, 3.8) is 0 Å². The van der Waals surface area contributed by atoms with E-state index in [0.29, 0.717) is 6.54 Å². The van der Waals surface area contributed by atoms with E-state index in [1.165, 1.54) is 0 Å². The van der Waals surface area contributed by atoms with E-state index in [4.69, 9.17) is 4.74 Å². The van der Waals surface area contributed by atoms with Gasteiger partial charge in [-0.3, -0.25) is 14.5 Å². The fourth-order valence-corrected chi connectivity index (χ4v) is 3.58. The summed E-state index contributed by atoms with van der Waals surface area (Å²) in [5, 5.41) is 2.92. The molecule has 0 aliphatic carbocycles. The number of amides is 2. The number of rotatable bonds is 8. The van der Waals surface area contributed by atoms with Crippen molar-refractivity contribution in [2.75, 3.05) is 57.2 Å². The van der Waals surface area contributed by atoms with Crippen LogP contribution in [-0.4, -0.2) is 74.6 Å². The lowest BCUT2D eigenvalue weighted by Crippen LogP contribution is -2.46.